The van der Waals surface area contributed by atoms with E-state index in [9.17, 15) is 4.79 Å². The van der Waals surface area contributed by atoms with E-state index < -0.39 is 0 Å². The maximum absolute atomic E-state index is 12.5. The predicted octanol–water partition coefficient (Wildman–Crippen LogP) is 2.49. The van der Waals surface area contributed by atoms with Crippen molar-refractivity contribution < 1.29 is 14.3 Å². The second kappa shape index (κ2) is 11.3. The topological polar surface area (TPSA) is 89.2 Å². The summed E-state index contributed by atoms with van der Waals surface area (Å²) in [7, 11) is 1.69. The zero-order chi connectivity index (χ0) is 21.3. The highest BCUT2D eigenvalue weighted by atomic mass is 35.5. The summed E-state index contributed by atoms with van der Waals surface area (Å²) in [4.78, 5) is 19.0. The van der Waals surface area contributed by atoms with Crippen LogP contribution in [0.25, 0.3) is 0 Å². The molecule has 3 N–H and O–H groups in total. The summed E-state index contributed by atoms with van der Waals surface area (Å²) in [6, 6.07) is 5.09. The minimum absolute atomic E-state index is 0.213. The monoisotopic (exact) mass is 434 g/mol. The van der Waals surface area contributed by atoms with Crippen LogP contribution in [0.3, 0.4) is 0 Å². The van der Waals surface area contributed by atoms with Crippen molar-refractivity contribution >= 4 is 23.2 Å². The quantitative estimate of drug-likeness (QED) is 0.436. The Kier molecular flexibility index (Phi) is 8.54. The van der Waals surface area contributed by atoms with Crippen molar-refractivity contribution in [2.24, 2.45) is 16.6 Å². The van der Waals surface area contributed by atoms with E-state index in [1.807, 2.05) is 6.08 Å². The average molecular weight is 435 g/mol. The number of hydrogen-bond donors (Lipinski definition) is 2. The van der Waals surface area contributed by atoms with Gasteiger partial charge in [0.05, 0.1) is 37.1 Å². The molecule has 0 atom stereocenters. The van der Waals surface area contributed by atoms with E-state index in [0.29, 0.717) is 35.4 Å². The molecule has 0 radical (unpaired) electrons. The molecule has 1 aliphatic carbocycles. The van der Waals surface area contributed by atoms with E-state index in [-0.39, 0.29) is 5.91 Å². The van der Waals surface area contributed by atoms with Crippen molar-refractivity contribution in [2.45, 2.75) is 19.3 Å². The van der Waals surface area contributed by atoms with Gasteiger partial charge in [0.1, 0.15) is 5.75 Å². The number of carbonyl (C=O) groups excluding carboxylic acids is 1. The highest BCUT2D eigenvalue weighted by Gasteiger charge is 2.24. The second-order valence-electron chi connectivity index (χ2n) is 7.62. The highest BCUT2D eigenvalue weighted by molar-refractivity contribution is 6.32. The van der Waals surface area contributed by atoms with Gasteiger partial charge >= 0.3 is 0 Å². The first kappa shape index (κ1) is 22.6. The maximum Gasteiger partial charge on any atom is 0.251 e. The molecule has 1 aromatic rings. The Morgan fingerprint density at radius 1 is 1.40 bits per heavy atom. The molecule has 1 heterocycles. The number of benzene rings is 1. The van der Waals surface area contributed by atoms with Crippen molar-refractivity contribution in [3.05, 3.63) is 40.6 Å². The van der Waals surface area contributed by atoms with Crippen LogP contribution < -0.4 is 15.8 Å². The van der Waals surface area contributed by atoms with Gasteiger partial charge in [0.15, 0.2) is 0 Å². The molecule has 0 aromatic heterocycles. The van der Waals surface area contributed by atoms with Gasteiger partial charge in [-0.2, -0.15) is 0 Å². The van der Waals surface area contributed by atoms with Gasteiger partial charge < -0.3 is 20.5 Å². The van der Waals surface area contributed by atoms with Crippen LogP contribution in [0.1, 0.15) is 29.6 Å². The lowest BCUT2D eigenvalue weighted by atomic mass is 10.2. The molecule has 30 heavy (non-hydrogen) atoms. The number of nitrogens with one attached hydrogen (secondary N) is 1. The van der Waals surface area contributed by atoms with Gasteiger partial charge in [-0.15, -0.1) is 0 Å². The maximum atomic E-state index is 12.5. The molecule has 1 saturated heterocycles. The summed E-state index contributed by atoms with van der Waals surface area (Å²) in [5, 5.41) is 3.29. The van der Waals surface area contributed by atoms with Crippen LogP contribution >= 0.6 is 11.6 Å². The molecule has 0 spiro atoms. The number of halogens is 1. The number of nitrogens with two attached hydrogens (primary N) is 1. The lowest BCUT2D eigenvalue weighted by Gasteiger charge is -2.26. The van der Waals surface area contributed by atoms with E-state index in [4.69, 9.17) is 26.8 Å². The summed E-state index contributed by atoms with van der Waals surface area (Å²) in [6.07, 6.45) is 5.03. The third-order valence-electron chi connectivity index (χ3n) is 5.27. The Bertz CT molecular complexity index is 787. The lowest BCUT2D eigenvalue weighted by molar-refractivity contribution is 0.0358. The third-order valence-corrected chi connectivity index (χ3v) is 5.57. The fourth-order valence-electron chi connectivity index (χ4n) is 3.25. The molecule has 3 rings (SSSR count). The fraction of sp³-hybridized carbons (Fsp3) is 0.545. The van der Waals surface area contributed by atoms with E-state index in [0.717, 1.165) is 63.5 Å². The number of ether oxygens (including phenoxy) is 2. The van der Waals surface area contributed by atoms with Crippen LogP contribution in [0.2, 0.25) is 5.02 Å². The number of carbonyl (C=O) groups is 1. The highest BCUT2D eigenvalue weighted by Crippen LogP contribution is 2.33. The van der Waals surface area contributed by atoms with Gasteiger partial charge in [-0.25, -0.2) is 0 Å². The summed E-state index contributed by atoms with van der Waals surface area (Å²) < 4.78 is 11.1. The van der Waals surface area contributed by atoms with Crippen LogP contribution in [-0.2, 0) is 4.74 Å². The van der Waals surface area contributed by atoms with Crippen LogP contribution in [0, 0.1) is 5.92 Å². The van der Waals surface area contributed by atoms with E-state index in [1.54, 1.807) is 25.2 Å². The second-order valence-corrected chi connectivity index (χ2v) is 8.02. The van der Waals surface area contributed by atoms with Gasteiger partial charge in [0.25, 0.3) is 5.91 Å². The van der Waals surface area contributed by atoms with Gasteiger partial charge in [-0.05, 0) is 49.5 Å². The van der Waals surface area contributed by atoms with Crippen LogP contribution in [-0.4, -0.2) is 69.6 Å². The first-order chi connectivity index (χ1) is 14.6. The van der Waals surface area contributed by atoms with Crippen molar-refractivity contribution in [1.29, 1.82) is 0 Å². The van der Waals surface area contributed by atoms with Crippen LogP contribution in [0.5, 0.6) is 5.75 Å². The molecular formula is C22H31ClN4O3. The number of nitrogens with zero attached hydrogens (tertiary/aromatic N) is 2. The Labute approximate surface area is 183 Å². The Morgan fingerprint density at radius 2 is 2.17 bits per heavy atom. The summed E-state index contributed by atoms with van der Waals surface area (Å²) in [5.74, 6) is 0.846. The molecule has 164 valence electrons. The summed E-state index contributed by atoms with van der Waals surface area (Å²) in [6.45, 7) is 5.41. The van der Waals surface area contributed by atoms with Crippen LogP contribution in [0.15, 0.2) is 35.0 Å². The SMILES string of the molecule is CN=C(C=C(N)C1CC1)CNC(=O)c1ccc(OCCCN2CCOCC2)c(Cl)c1. The van der Waals surface area contributed by atoms with Crippen molar-refractivity contribution in [3.63, 3.8) is 0 Å². The fourth-order valence-corrected chi connectivity index (χ4v) is 3.48. The Hall–Kier alpha value is -2.09. The van der Waals surface area contributed by atoms with E-state index >= 15 is 0 Å². The number of aliphatic imine (C=N–C) groups is 1. The smallest absolute Gasteiger partial charge is 0.251 e. The van der Waals surface area contributed by atoms with Gasteiger partial charge in [-0.3, -0.25) is 14.7 Å². The largest absolute Gasteiger partial charge is 0.492 e. The standard InChI is InChI=1S/C22H31ClN4O3/c1-25-18(14-20(24)16-3-4-16)15-26-22(28)17-5-6-21(19(23)13-17)30-10-2-7-27-8-11-29-12-9-27/h5-6,13-14,16H,2-4,7-12,15,24H2,1H3,(H,26,28). The molecule has 0 unspecified atom stereocenters. The van der Waals surface area contributed by atoms with E-state index in [1.165, 1.54) is 0 Å². The normalized spacial score (nSPS) is 18.3. The molecule has 1 aliphatic heterocycles. The average Bonchev–Trinajstić information content (AvgIpc) is 3.61. The summed E-state index contributed by atoms with van der Waals surface area (Å²) in [5.41, 5.74) is 8.10. The molecule has 1 amide bonds. The number of morpholine rings is 1. The summed E-state index contributed by atoms with van der Waals surface area (Å²) >= 11 is 6.32. The minimum Gasteiger partial charge on any atom is -0.492 e. The minimum atomic E-state index is -0.213. The third kappa shape index (κ3) is 7.00. The Balaban J connectivity index is 1.44. The zero-order valence-corrected chi connectivity index (χ0v) is 18.3. The molecule has 2 fully saturated rings. The predicted molar refractivity (Wildman–Crippen MR) is 120 cm³/mol. The van der Waals surface area contributed by atoms with E-state index in [2.05, 4.69) is 15.2 Å². The number of amides is 1. The molecule has 1 saturated carbocycles. The van der Waals surface area contributed by atoms with Gasteiger partial charge in [-0.1, -0.05) is 11.6 Å². The number of hydrogen-bond acceptors (Lipinski definition) is 6. The zero-order valence-electron chi connectivity index (χ0n) is 17.5. The molecule has 7 nitrogen and oxygen atoms in total. The lowest BCUT2D eigenvalue weighted by Crippen LogP contribution is -2.37. The molecule has 8 heteroatoms. The number of rotatable bonds is 10. The molecular weight excluding hydrogens is 404 g/mol. The van der Waals surface area contributed by atoms with Crippen molar-refractivity contribution in [3.8, 4) is 5.75 Å². The molecule has 0 bridgehead atoms. The Morgan fingerprint density at radius 3 is 2.83 bits per heavy atom. The van der Waals surface area contributed by atoms with Crippen LogP contribution in [0.4, 0.5) is 0 Å². The molecule has 2 aliphatic rings. The first-order valence-corrected chi connectivity index (χ1v) is 10.9. The van der Waals surface area contributed by atoms with Crippen molar-refractivity contribution in [2.75, 3.05) is 53.0 Å². The van der Waals surface area contributed by atoms with Gasteiger partial charge in [0, 0.05) is 37.9 Å². The van der Waals surface area contributed by atoms with Gasteiger partial charge in [0.2, 0.25) is 0 Å². The number of allylic oxidation sites excluding steroid dienone is 1. The molecule has 1 aromatic carbocycles. The van der Waals surface area contributed by atoms with Crippen molar-refractivity contribution in [1.82, 2.24) is 10.2 Å². The first-order valence-electron chi connectivity index (χ1n) is 10.5.